The molecular formula is C38H40F2N4O8. The maximum Gasteiger partial charge on any atom is 0.252 e. The highest BCUT2D eigenvalue weighted by molar-refractivity contribution is 5.92. The fraction of sp³-hybridized carbons (Fsp3) is 0.263. The molecule has 4 amide bonds. The molecule has 12 nitrogen and oxygen atoms in total. The summed E-state index contributed by atoms with van der Waals surface area (Å²) in [5.74, 6) is -4.63. The van der Waals surface area contributed by atoms with Crippen LogP contribution in [0.2, 0.25) is 0 Å². The number of likely N-dealkylation sites (N-methyl/N-ethyl adjacent to an activating group) is 2. The highest BCUT2D eigenvalue weighted by Gasteiger charge is 2.42. The van der Waals surface area contributed by atoms with Crippen LogP contribution in [0.3, 0.4) is 0 Å². The Balaban J connectivity index is 1.67. The summed E-state index contributed by atoms with van der Waals surface area (Å²) >= 11 is 0. The van der Waals surface area contributed by atoms with Gasteiger partial charge in [0.15, 0.2) is 12.2 Å². The van der Waals surface area contributed by atoms with Gasteiger partial charge in [0.2, 0.25) is 11.8 Å². The molecule has 4 aromatic rings. The lowest BCUT2D eigenvalue weighted by Crippen LogP contribution is -2.57. The van der Waals surface area contributed by atoms with E-state index in [1.54, 1.807) is 60.7 Å². The quantitative estimate of drug-likeness (QED) is 0.0965. The summed E-state index contributed by atoms with van der Waals surface area (Å²) in [6.45, 7) is -0.482. The van der Waals surface area contributed by atoms with Gasteiger partial charge in [-0.3, -0.25) is 19.2 Å². The molecule has 4 rings (SSSR count). The molecule has 0 saturated carbocycles. The molecule has 4 aromatic carbocycles. The van der Waals surface area contributed by atoms with E-state index in [4.69, 9.17) is 9.47 Å². The van der Waals surface area contributed by atoms with Crippen LogP contribution in [0.4, 0.5) is 8.78 Å². The molecule has 6 atom stereocenters. The van der Waals surface area contributed by atoms with E-state index in [1.807, 2.05) is 0 Å². The normalized spacial score (nSPS) is 14.5. The van der Waals surface area contributed by atoms with E-state index in [1.165, 1.54) is 38.4 Å². The maximum absolute atomic E-state index is 13.9. The van der Waals surface area contributed by atoms with Crippen molar-refractivity contribution >= 4 is 23.6 Å². The summed E-state index contributed by atoms with van der Waals surface area (Å²) < 4.78 is 39.1. The molecule has 0 spiro atoms. The summed E-state index contributed by atoms with van der Waals surface area (Å²) in [6.07, 6.45) is -8.16. The second-order valence-electron chi connectivity index (χ2n) is 11.6. The first-order valence-electron chi connectivity index (χ1n) is 16.2. The zero-order chi connectivity index (χ0) is 37.6. The van der Waals surface area contributed by atoms with Crippen LogP contribution in [-0.2, 0) is 41.9 Å². The van der Waals surface area contributed by atoms with Crippen molar-refractivity contribution in [1.82, 2.24) is 21.3 Å². The Bertz CT molecular complexity index is 1630. The largest absolute Gasteiger partial charge is 0.387 e. The molecular weight excluding hydrogens is 678 g/mol. The zero-order valence-corrected chi connectivity index (χ0v) is 28.4. The van der Waals surface area contributed by atoms with E-state index in [9.17, 15) is 38.2 Å². The van der Waals surface area contributed by atoms with Crippen LogP contribution in [0.15, 0.2) is 109 Å². The second-order valence-corrected chi connectivity index (χ2v) is 11.6. The zero-order valence-electron chi connectivity index (χ0n) is 28.4. The van der Waals surface area contributed by atoms with E-state index in [0.717, 1.165) is 24.3 Å². The van der Waals surface area contributed by atoms with E-state index < -0.39 is 71.8 Å². The molecule has 0 fully saturated rings. The number of hydrogen-bond acceptors (Lipinski definition) is 8. The molecule has 14 heteroatoms. The lowest BCUT2D eigenvalue weighted by molar-refractivity contribution is -0.171. The molecule has 0 radical (unpaired) electrons. The average Bonchev–Trinajstić information content (AvgIpc) is 3.17. The predicted molar refractivity (Wildman–Crippen MR) is 185 cm³/mol. The Morgan fingerprint density at radius 3 is 1.17 bits per heavy atom. The number of aliphatic hydroxyl groups excluding tert-OH is 2. The van der Waals surface area contributed by atoms with Gasteiger partial charge in [0.25, 0.3) is 11.8 Å². The number of hydrogen-bond donors (Lipinski definition) is 6. The highest BCUT2D eigenvalue weighted by Crippen LogP contribution is 2.21. The van der Waals surface area contributed by atoms with Gasteiger partial charge in [-0.15, -0.1) is 0 Å². The monoisotopic (exact) mass is 718 g/mol. The number of ether oxygens (including phenoxy) is 2. The van der Waals surface area contributed by atoms with Gasteiger partial charge in [-0.2, -0.15) is 0 Å². The number of rotatable bonds is 17. The van der Waals surface area contributed by atoms with Crippen LogP contribution in [0, 0.1) is 11.6 Å². The Morgan fingerprint density at radius 1 is 0.538 bits per heavy atom. The molecule has 6 N–H and O–H groups in total. The van der Waals surface area contributed by atoms with Crippen molar-refractivity contribution in [3.63, 3.8) is 0 Å². The van der Waals surface area contributed by atoms with Crippen molar-refractivity contribution in [2.75, 3.05) is 14.1 Å². The van der Waals surface area contributed by atoms with Gasteiger partial charge in [-0.1, -0.05) is 84.9 Å². The van der Waals surface area contributed by atoms with E-state index in [-0.39, 0.29) is 24.3 Å². The van der Waals surface area contributed by atoms with Crippen molar-refractivity contribution in [1.29, 1.82) is 0 Å². The molecule has 0 heterocycles. The molecule has 274 valence electrons. The average molecular weight is 719 g/mol. The summed E-state index contributed by atoms with van der Waals surface area (Å²) in [7, 11) is 2.66. The summed E-state index contributed by atoms with van der Waals surface area (Å²) in [4.78, 5) is 53.5. The molecule has 0 aliphatic carbocycles. The fourth-order valence-electron chi connectivity index (χ4n) is 5.19. The van der Waals surface area contributed by atoms with Gasteiger partial charge in [0.05, 0.1) is 13.2 Å². The topological polar surface area (TPSA) is 175 Å². The Hall–Kier alpha value is -5.54. The number of amides is 4. The van der Waals surface area contributed by atoms with Gasteiger partial charge in [-0.05, 0) is 46.5 Å². The van der Waals surface area contributed by atoms with Gasteiger partial charge in [-0.25, -0.2) is 8.78 Å². The minimum Gasteiger partial charge on any atom is -0.387 e. The lowest BCUT2D eigenvalue weighted by Gasteiger charge is -2.32. The van der Waals surface area contributed by atoms with Gasteiger partial charge in [0.1, 0.15) is 35.9 Å². The van der Waals surface area contributed by atoms with Crippen LogP contribution in [-0.4, -0.2) is 72.4 Å². The van der Waals surface area contributed by atoms with Gasteiger partial charge >= 0.3 is 0 Å². The number of carbonyl (C=O) groups is 4. The number of nitrogens with one attached hydrogen (secondary N) is 4. The van der Waals surface area contributed by atoms with Crippen molar-refractivity contribution < 1.29 is 47.6 Å². The van der Waals surface area contributed by atoms with Crippen LogP contribution in [0.1, 0.15) is 34.3 Å². The van der Waals surface area contributed by atoms with E-state index >= 15 is 0 Å². The smallest absolute Gasteiger partial charge is 0.252 e. The van der Waals surface area contributed by atoms with Crippen molar-refractivity contribution in [3.8, 4) is 0 Å². The number of halogens is 2. The predicted octanol–water partition coefficient (Wildman–Crippen LogP) is 2.36. The van der Waals surface area contributed by atoms with E-state index in [0.29, 0.717) is 11.1 Å². The van der Waals surface area contributed by atoms with Crippen LogP contribution < -0.4 is 21.3 Å². The van der Waals surface area contributed by atoms with Crippen molar-refractivity contribution in [2.45, 2.75) is 49.7 Å². The third-order valence-corrected chi connectivity index (χ3v) is 8.03. The minimum atomic E-state index is -2.17. The molecule has 0 aliphatic rings. The number of benzene rings is 4. The molecule has 52 heavy (non-hydrogen) atoms. The van der Waals surface area contributed by atoms with Gasteiger partial charge in [0, 0.05) is 14.1 Å². The molecule has 0 saturated heterocycles. The SMILES string of the molecule is CNC(=O)[C@@H](NC(=O)[C@H](OCc1ccccc1)[C@H](O)[C@@H](O)[C@@H](OCc1ccccc1)C(=O)N[C@H](C(=O)NC)c1ccc(F)cc1)c1ccc(F)cc1. The second kappa shape index (κ2) is 19.2. The summed E-state index contributed by atoms with van der Waals surface area (Å²) in [6, 6.07) is 24.0. The molecule has 0 aliphatic heterocycles. The first-order chi connectivity index (χ1) is 25.0. The lowest BCUT2D eigenvalue weighted by atomic mass is 9.99. The first-order valence-corrected chi connectivity index (χ1v) is 16.2. The number of carbonyl (C=O) groups excluding carboxylic acids is 4. The third kappa shape index (κ3) is 10.7. The fourth-order valence-corrected chi connectivity index (χ4v) is 5.19. The van der Waals surface area contributed by atoms with Crippen LogP contribution >= 0.6 is 0 Å². The Kier molecular flexibility index (Phi) is 14.5. The van der Waals surface area contributed by atoms with Gasteiger partial charge < -0.3 is 41.0 Å². The molecule has 0 aromatic heterocycles. The van der Waals surface area contributed by atoms with Crippen LogP contribution in [0.25, 0.3) is 0 Å². The standard InChI is InChI=1S/C38H40F2N4O8/c1-41-35(47)29(25-13-17-27(39)18-14-25)43-37(49)33(51-21-23-9-5-3-6-10-23)31(45)32(46)34(52-22-24-11-7-4-8-12-24)38(50)44-30(36(48)42-2)26-15-19-28(40)20-16-26/h3-20,29-34,45-46H,21-22H2,1-2H3,(H,41,47)(H,42,48)(H,43,49)(H,44,50)/t29-,30-,31+,32+,33+,34+/m0/s1. The van der Waals surface area contributed by atoms with E-state index in [2.05, 4.69) is 21.3 Å². The Morgan fingerprint density at radius 2 is 0.865 bits per heavy atom. The maximum atomic E-state index is 13.9. The van der Waals surface area contributed by atoms with Crippen LogP contribution in [0.5, 0.6) is 0 Å². The first kappa shape index (κ1) is 39.2. The minimum absolute atomic E-state index is 0.204. The van der Waals surface area contributed by atoms with Crippen molar-refractivity contribution in [3.05, 3.63) is 143 Å². The Labute approximate surface area is 299 Å². The highest BCUT2D eigenvalue weighted by atomic mass is 19.1. The summed E-state index contributed by atoms with van der Waals surface area (Å²) in [5.41, 5.74) is 1.59. The summed E-state index contributed by atoms with van der Waals surface area (Å²) in [5, 5.41) is 33.1. The number of aliphatic hydroxyl groups is 2. The van der Waals surface area contributed by atoms with Crippen molar-refractivity contribution in [2.24, 2.45) is 0 Å². The third-order valence-electron chi connectivity index (χ3n) is 8.03. The molecule has 0 unspecified atom stereocenters. The molecule has 0 bridgehead atoms.